The van der Waals surface area contributed by atoms with Gasteiger partial charge in [-0.2, -0.15) is 0 Å². The lowest BCUT2D eigenvalue weighted by Crippen LogP contribution is -2.61. The Kier molecular flexibility index (Phi) is 7.86. The number of nitrogens with one attached hydrogen (secondary N) is 3. The Morgan fingerprint density at radius 3 is 2.47 bits per heavy atom. The van der Waals surface area contributed by atoms with E-state index >= 15 is 4.39 Å². The third-order valence-electron chi connectivity index (χ3n) is 10.9. The van der Waals surface area contributed by atoms with Gasteiger partial charge in [0.25, 0.3) is 0 Å². The van der Waals surface area contributed by atoms with Crippen molar-refractivity contribution in [2.75, 3.05) is 18.5 Å². The Balaban J connectivity index is 1.48. The van der Waals surface area contributed by atoms with Gasteiger partial charge in [-0.25, -0.2) is 4.39 Å². The number of hydrogen-bond acceptors (Lipinski definition) is 5. The number of hydrogen-bond donors (Lipinski definition) is 5. The highest BCUT2D eigenvalue weighted by atomic mass is 35.5. The number of halogens is 3. The van der Waals surface area contributed by atoms with Crippen LogP contribution in [0.1, 0.15) is 82.3 Å². The van der Waals surface area contributed by atoms with Crippen molar-refractivity contribution in [3.05, 3.63) is 63.4 Å². The molecule has 0 bridgehead atoms. The minimum Gasteiger partial charge on any atom is -0.396 e. The second kappa shape index (κ2) is 11.0. The predicted octanol–water partition coefficient (Wildman–Crippen LogP) is 5.45. The molecule has 43 heavy (non-hydrogen) atoms. The maximum atomic E-state index is 16.1. The van der Waals surface area contributed by atoms with Gasteiger partial charge in [-0.3, -0.25) is 14.9 Å². The third-order valence-corrected chi connectivity index (χ3v) is 11.5. The van der Waals surface area contributed by atoms with Crippen LogP contribution in [0.2, 0.25) is 10.0 Å². The highest BCUT2D eigenvalue weighted by Gasteiger charge is 2.73. The number of aliphatic hydroxyl groups excluding tert-OH is 2. The van der Waals surface area contributed by atoms with E-state index in [-0.39, 0.29) is 40.5 Å². The van der Waals surface area contributed by atoms with Crippen LogP contribution in [-0.2, 0) is 15.0 Å². The van der Waals surface area contributed by atoms with Gasteiger partial charge in [0.15, 0.2) is 0 Å². The predicted molar refractivity (Wildman–Crippen MR) is 165 cm³/mol. The number of aliphatic hydroxyl groups is 2. The molecular weight excluding hydrogens is 592 g/mol. The first kappa shape index (κ1) is 30.8. The highest BCUT2D eigenvalue weighted by molar-refractivity contribution is 6.31. The molecule has 2 aromatic rings. The van der Waals surface area contributed by atoms with Gasteiger partial charge in [-0.1, -0.05) is 55.2 Å². The summed E-state index contributed by atoms with van der Waals surface area (Å²) in [4.78, 5) is 28.9. The van der Waals surface area contributed by atoms with Crippen molar-refractivity contribution in [2.24, 2.45) is 10.8 Å². The van der Waals surface area contributed by atoms with E-state index in [0.29, 0.717) is 42.0 Å². The van der Waals surface area contributed by atoms with E-state index in [0.717, 1.165) is 25.7 Å². The Bertz CT molecular complexity index is 1440. The number of anilines is 1. The molecule has 2 aliphatic carbocycles. The number of benzene rings is 2. The maximum Gasteiger partial charge on any atom is 0.238 e. The molecule has 2 aliphatic heterocycles. The number of carbonyl (C=O) groups is 2. The van der Waals surface area contributed by atoms with Crippen LogP contribution in [0.3, 0.4) is 0 Å². The summed E-state index contributed by atoms with van der Waals surface area (Å²) in [5.74, 6) is -2.31. The second-order valence-electron chi connectivity index (χ2n) is 14.0. The minimum absolute atomic E-state index is 0.0383. The van der Waals surface area contributed by atoms with Crippen molar-refractivity contribution < 1.29 is 24.2 Å². The molecule has 232 valence electrons. The quantitative estimate of drug-likeness (QED) is 0.266. The lowest BCUT2D eigenvalue weighted by atomic mass is 9.53. The fourth-order valence-corrected chi connectivity index (χ4v) is 8.41. The number of amides is 2. The van der Waals surface area contributed by atoms with E-state index in [9.17, 15) is 19.8 Å². The fraction of sp³-hybridized carbons (Fsp3) is 0.576. The number of carbonyl (C=O) groups excluding carboxylic acids is 2. The molecule has 2 amide bonds. The Morgan fingerprint density at radius 1 is 1.09 bits per heavy atom. The molecule has 7 nitrogen and oxygen atoms in total. The van der Waals surface area contributed by atoms with Crippen molar-refractivity contribution in [1.29, 1.82) is 0 Å². The number of rotatable bonds is 8. The van der Waals surface area contributed by atoms with E-state index in [1.54, 1.807) is 24.3 Å². The fourth-order valence-electron chi connectivity index (χ4n) is 8.06. The first-order valence-electron chi connectivity index (χ1n) is 15.3. The van der Waals surface area contributed by atoms with Crippen molar-refractivity contribution in [2.45, 2.75) is 94.2 Å². The maximum absolute atomic E-state index is 16.1. The first-order valence-corrected chi connectivity index (χ1v) is 16.0. The van der Waals surface area contributed by atoms with Gasteiger partial charge in [0.1, 0.15) is 11.2 Å². The zero-order chi connectivity index (χ0) is 30.8. The molecule has 4 aliphatic rings. The van der Waals surface area contributed by atoms with Crippen LogP contribution in [0.25, 0.3) is 0 Å². The largest absolute Gasteiger partial charge is 0.396 e. The first-order chi connectivity index (χ1) is 20.4. The molecule has 2 saturated carbocycles. The molecule has 2 aromatic carbocycles. The summed E-state index contributed by atoms with van der Waals surface area (Å²) in [6.07, 6.45) is 5.84. The Labute approximate surface area is 261 Å². The van der Waals surface area contributed by atoms with Gasteiger partial charge >= 0.3 is 0 Å². The van der Waals surface area contributed by atoms with E-state index in [1.807, 2.05) is 6.07 Å². The molecule has 0 unspecified atom stereocenters. The summed E-state index contributed by atoms with van der Waals surface area (Å²) in [6.45, 7) is 4.21. The topological polar surface area (TPSA) is 111 Å². The van der Waals surface area contributed by atoms with Crippen molar-refractivity contribution in [3.63, 3.8) is 0 Å². The van der Waals surface area contributed by atoms with E-state index in [2.05, 4.69) is 29.8 Å². The molecule has 6 rings (SSSR count). The van der Waals surface area contributed by atoms with Crippen LogP contribution >= 0.6 is 23.2 Å². The lowest BCUT2D eigenvalue weighted by Gasteiger charge is -2.50. The van der Waals surface area contributed by atoms with Crippen molar-refractivity contribution in [1.82, 2.24) is 10.6 Å². The van der Waals surface area contributed by atoms with Gasteiger partial charge in [-0.05, 0) is 91.5 Å². The van der Waals surface area contributed by atoms with Gasteiger partial charge in [-0.15, -0.1) is 0 Å². The van der Waals surface area contributed by atoms with Gasteiger partial charge in [0.05, 0.1) is 23.7 Å². The summed E-state index contributed by atoms with van der Waals surface area (Å²) >= 11 is 12.7. The molecule has 3 fully saturated rings. The zero-order valence-electron chi connectivity index (χ0n) is 24.6. The average Bonchev–Trinajstić information content (AvgIpc) is 3.62. The smallest absolute Gasteiger partial charge is 0.238 e. The second-order valence-corrected chi connectivity index (χ2v) is 14.9. The molecule has 2 heterocycles. The Morgan fingerprint density at radius 2 is 1.81 bits per heavy atom. The summed E-state index contributed by atoms with van der Waals surface area (Å²) in [5, 5.41) is 30.1. The highest BCUT2D eigenvalue weighted by Crippen LogP contribution is 2.64. The number of fused-ring (bicyclic) bond motifs is 3. The monoisotopic (exact) mass is 631 g/mol. The molecule has 4 atom stereocenters. The summed E-state index contributed by atoms with van der Waals surface area (Å²) in [6, 6.07) is 8.45. The standard InChI is InChI=1S/C33H40Cl2FN3O4/c1-30(2)10-14-32(15-11-30)33(22-7-6-19(34)16-24(22)38-29(33)43)25(21-4-3-5-23(35)26(21)36)27(39-32)28(42)37-20(17-40)8-9-31(18-41)12-13-31/h3-7,16,20,25,27,39-41H,8-15,17-18H2,1-2H3,(H,37,42)(H,38,43)/t20-,25+,27-,33-/m1/s1. The van der Waals surface area contributed by atoms with E-state index in [1.165, 1.54) is 6.07 Å². The van der Waals surface area contributed by atoms with Crippen LogP contribution in [0.4, 0.5) is 10.1 Å². The molecule has 0 aromatic heterocycles. The molecular formula is C33H40Cl2FN3O4. The van der Waals surface area contributed by atoms with E-state index < -0.39 is 40.7 Å². The van der Waals surface area contributed by atoms with Crippen LogP contribution in [0.15, 0.2) is 36.4 Å². The normalized spacial score (nSPS) is 28.5. The summed E-state index contributed by atoms with van der Waals surface area (Å²) in [5.41, 5.74) is -0.854. The summed E-state index contributed by atoms with van der Waals surface area (Å²) in [7, 11) is 0. The zero-order valence-corrected chi connectivity index (χ0v) is 26.1. The van der Waals surface area contributed by atoms with Gasteiger partial charge in [0, 0.05) is 28.8 Å². The SMILES string of the molecule is CC1(C)CCC2(CC1)N[C@@H](C(=O)N[C@@H](CO)CCC1(CO)CC1)[C@H](c1cccc(Cl)c1F)[C@]21C(=O)Nc2cc(Cl)ccc21. The third kappa shape index (κ3) is 4.98. The lowest BCUT2D eigenvalue weighted by molar-refractivity contribution is -0.125. The van der Waals surface area contributed by atoms with Gasteiger partial charge < -0.3 is 20.8 Å². The minimum atomic E-state index is -1.33. The van der Waals surface area contributed by atoms with Crippen molar-refractivity contribution in [3.8, 4) is 0 Å². The van der Waals surface area contributed by atoms with Gasteiger partial charge in [0.2, 0.25) is 11.8 Å². The molecule has 10 heteroatoms. The van der Waals surface area contributed by atoms with Crippen LogP contribution < -0.4 is 16.0 Å². The average molecular weight is 633 g/mol. The molecule has 1 saturated heterocycles. The molecule has 5 N–H and O–H groups in total. The van der Waals surface area contributed by atoms with Crippen molar-refractivity contribution >= 4 is 40.7 Å². The molecule has 2 spiro atoms. The summed E-state index contributed by atoms with van der Waals surface area (Å²) < 4.78 is 16.1. The van der Waals surface area contributed by atoms with Crippen LogP contribution in [-0.4, -0.2) is 52.9 Å². The molecule has 0 radical (unpaired) electrons. The van der Waals surface area contributed by atoms with Crippen LogP contribution in [0.5, 0.6) is 0 Å². The van der Waals surface area contributed by atoms with Crippen LogP contribution in [0, 0.1) is 16.6 Å². The Hall–Kier alpha value is -2.23. The van der Waals surface area contributed by atoms with E-state index in [4.69, 9.17) is 23.2 Å².